The van der Waals surface area contributed by atoms with E-state index < -0.39 is 5.97 Å². The van der Waals surface area contributed by atoms with E-state index >= 15 is 0 Å². The van der Waals surface area contributed by atoms with Crippen LogP contribution in [0.25, 0.3) is 0 Å². The highest BCUT2D eigenvalue weighted by Gasteiger charge is 2.23. The number of carbonyl (C=O) groups excluding carboxylic acids is 2. The number of hydrogen-bond donors (Lipinski definition) is 1. The Morgan fingerprint density at radius 1 is 1.06 bits per heavy atom. The summed E-state index contributed by atoms with van der Waals surface area (Å²) in [5, 5.41) is 3.39. The summed E-state index contributed by atoms with van der Waals surface area (Å²) < 4.78 is 11.0. The molecule has 0 bridgehead atoms. The van der Waals surface area contributed by atoms with Crippen molar-refractivity contribution in [2.75, 3.05) is 36.5 Å². The summed E-state index contributed by atoms with van der Waals surface area (Å²) in [5.74, 6) is -0.0221. The monoisotopic (exact) mass is 452 g/mol. The fraction of sp³-hybridized carbons (Fsp3) is 0.407. The second kappa shape index (κ2) is 14.7. The maximum Gasteiger partial charge on any atom is 0.340 e. The predicted octanol–water partition coefficient (Wildman–Crippen LogP) is 5.84. The minimum absolute atomic E-state index is 0.116. The van der Waals surface area contributed by atoms with Crippen LogP contribution in [0.2, 0.25) is 0 Å². The second-order valence-electron chi connectivity index (χ2n) is 7.66. The molecule has 2 aromatic rings. The minimum atomic E-state index is -0.441. The van der Waals surface area contributed by atoms with Crippen LogP contribution < -0.4 is 15.0 Å². The molecule has 2 aromatic carbocycles. The topological polar surface area (TPSA) is 67.9 Å². The molecule has 2 rings (SSSR count). The van der Waals surface area contributed by atoms with Crippen LogP contribution in [-0.2, 0) is 9.53 Å². The molecule has 0 aliphatic rings. The van der Waals surface area contributed by atoms with Crippen LogP contribution >= 0.6 is 0 Å². The van der Waals surface area contributed by atoms with Crippen molar-refractivity contribution >= 4 is 23.3 Å². The van der Waals surface area contributed by atoms with Crippen LogP contribution in [-0.4, -0.2) is 38.2 Å². The largest absolute Gasteiger partial charge is 0.484 e. The van der Waals surface area contributed by atoms with Crippen molar-refractivity contribution in [2.24, 2.45) is 0 Å². The fourth-order valence-electron chi connectivity index (χ4n) is 3.33. The molecule has 0 radical (unpaired) electrons. The van der Waals surface area contributed by atoms with Gasteiger partial charge in [-0.2, -0.15) is 0 Å². The molecule has 33 heavy (non-hydrogen) atoms. The number of rotatable bonds is 15. The van der Waals surface area contributed by atoms with E-state index in [0.29, 0.717) is 23.5 Å². The van der Waals surface area contributed by atoms with Crippen LogP contribution in [0.5, 0.6) is 5.75 Å². The maximum atomic E-state index is 13.2. The van der Waals surface area contributed by atoms with Gasteiger partial charge in [-0.05, 0) is 62.9 Å². The molecule has 0 saturated heterocycles. The van der Waals surface area contributed by atoms with E-state index in [1.54, 1.807) is 17.9 Å². The number of nitrogens with zero attached hydrogens (tertiary/aromatic N) is 1. The van der Waals surface area contributed by atoms with Crippen molar-refractivity contribution < 1.29 is 19.1 Å². The van der Waals surface area contributed by atoms with Crippen LogP contribution in [0.1, 0.15) is 56.3 Å². The summed E-state index contributed by atoms with van der Waals surface area (Å²) in [6.45, 7) is 9.02. The van der Waals surface area contributed by atoms with Crippen molar-refractivity contribution in [2.45, 2.75) is 46.0 Å². The molecule has 0 aliphatic heterocycles. The molecule has 1 N–H and O–H groups in total. The molecule has 0 aromatic heterocycles. The Kier molecular flexibility index (Phi) is 11.6. The van der Waals surface area contributed by atoms with E-state index in [4.69, 9.17) is 9.47 Å². The van der Waals surface area contributed by atoms with E-state index in [0.717, 1.165) is 44.3 Å². The predicted molar refractivity (Wildman–Crippen MR) is 134 cm³/mol. The molecule has 0 saturated carbocycles. The Bertz CT molecular complexity index is 883. The lowest BCUT2D eigenvalue weighted by Crippen LogP contribution is -2.37. The summed E-state index contributed by atoms with van der Waals surface area (Å²) in [7, 11) is 0. The number of esters is 1. The lowest BCUT2D eigenvalue weighted by Gasteiger charge is -2.25. The van der Waals surface area contributed by atoms with E-state index in [2.05, 4.69) is 18.8 Å². The fourth-order valence-corrected chi connectivity index (χ4v) is 3.33. The van der Waals surface area contributed by atoms with Gasteiger partial charge in [0.1, 0.15) is 5.75 Å². The number of ether oxygens (including phenoxy) is 2. The molecule has 0 spiro atoms. The summed E-state index contributed by atoms with van der Waals surface area (Å²) >= 11 is 0. The minimum Gasteiger partial charge on any atom is -0.484 e. The van der Waals surface area contributed by atoms with Gasteiger partial charge in [-0.15, -0.1) is 6.58 Å². The standard InChI is InChI=1S/C27H36N2O4/c1-4-7-9-13-18-28-22-16-17-24(27(31)32-6-3)25(20-22)29(19-8-5-2)26(30)21-33-23-14-11-10-12-15-23/h4,10-12,14-17,20,28H,1,5-9,13,18-19,21H2,2-3H3. The molecule has 1 amide bonds. The van der Waals surface area contributed by atoms with Gasteiger partial charge in [-0.3, -0.25) is 4.79 Å². The van der Waals surface area contributed by atoms with Gasteiger partial charge < -0.3 is 19.7 Å². The molecule has 0 heterocycles. The second-order valence-corrected chi connectivity index (χ2v) is 7.66. The molecule has 6 heteroatoms. The third-order valence-corrected chi connectivity index (χ3v) is 5.09. The van der Waals surface area contributed by atoms with Gasteiger partial charge >= 0.3 is 5.97 Å². The quantitative estimate of drug-likeness (QED) is 0.209. The molecular weight excluding hydrogens is 416 g/mol. The average Bonchev–Trinajstić information content (AvgIpc) is 2.83. The van der Waals surface area contributed by atoms with E-state index in [-0.39, 0.29) is 19.1 Å². The first-order chi connectivity index (χ1) is 16.1. The zero-order valence-electron chi connectivity index (χ0n) is 19.8. The molecule has 6 nitrogen and oxygen atoms in total. The summed E-state index contributed by atoms with van der Waals surface area (Å²) in [5.41, 5.74) is 1.77. The number of anilines is 2. The van der Waals surface area contributed by atoms with Crippen molar-refractivity contribution in [3.8, 4) is 5.75 Å². The SMILES string of the molecule is C=CCCCCNc1ccc(C(=O)OCC)c(N(CCCC)C(=O)COc2ccccc2)c1. The average molecular weight is 453 g/mol. The first-order valence-corrected chi connectivity index (χ1v) is 11.7. The van der Waals surface area contributed by atoms with Gasteiger partial charge in [0.2, 0.25) is 0 Å². The number of allylic oxidation sites excluding steroid dienone is 1. The maximum absolute atomic E-state index is 13.2. The van der Waals surface area contributed by atoms with E-state index in [1.165, 1.54) is 0 Å². The number of carbonyl (C=O) groups is 2. The number of para-hydroxylation sites is 1. The van der Waals surface area contributed by atoms with Crippen molar-refractivity contribution in [1.29, 1.82) is 0 Å². The van der Waals surface area contributed by atoms with Gasteiger partial charge in [-0.1, -0.05) is 37.6 Å². The molecule has 0 unspecified atom stereocenters. The zero-order valence-corrected chi connectivity index (χ0v) is 19.8. The molecule has 178 valence electrons. The van der Waals surface area contributed by atoms with Crippen LogP contribution in [0.3, 0.4) is 0 Å². The molecule has 0 aliphatic carbocycles. The Balaban J connectivity index is 2.27. The Morgan fingerprint density at radius 3 is 2.55 bits per heavy atom. The highest BCUT2D eigenvalue weighted by Crippen LogP contribution is 2.27. The Morgan fingerprint density at radius 2 is 1.85 bits per heavy atom. The third kappa shape index (κ3) is 8.64. The summed E-state index contributed by atoms with van der Waals surface area (Å²) in [6.07, 6.45) is 6.68. The number of amides is 1. The third-order valence-electron chi connectivity index (χ3n) is 5.09. The normalized spacial score (nSPS) is 10.4. The number of unbranched alkanes of at least 4 members (excludes halogenated alkanes) is 3. The van der Waals surface area contributed by atoms with Crippen LogP contribution in [0.15, 0.2) is 61.2 Å². The molecule has 0 atom stereocenters. The Hall–Kier alpha value is -3.28. The lowest BCUT2D eigenvalue weighted by molar-refractivity contribution is -0.120. The van der Waals surface area contributed by atoms with Crippen molar-refractivity contribution in [1.82, 2.24) is 0 Å². The smallest absolute Gasteiger partial charge is 0.340 e. The van der Waals surface area contributed by atoms with E-state index in [9.17, 15) is 9.59 Å². The molecular formula is C27H36N2O4. The van der Waals surface area contributed by atoms with Crippen molar-refractivity contribution in [3.63, 3.8) is 0 Å². The van der Waals surface area contributed by atoms with Gasteiger partial charge in [0, 0.05) is 18.8 Å². The van der Waals surface area contributed by atoms with Gasteiger partial charge in [-0.25, -0.2) is 4.79 Å². The van der Waals surface area contributed by atoms with E-state index in [1.807, 2.05) is 48.5 Å². The van der Waals surface area contributed by atoms with Crippen LogP contribution in [0.4, 0.5) is 11.4 Å². The van der Waals surface area contributed by atoms with Gasteiger partial charge in [0.05, 0.1) is 17.9 Å². The molecule has 0 fully saturated rings. The number of benzene rings is 2. The summed E-state index contributed by atoms with van der Waals surface area (Å²) in [6, 6.07) is 14.7. The number of nitrogens with one attached hydrogen (secondary N) is 1. The first-order valence-electron chi connectivity index (χ1n) is 11.7. The summed E-state index contributed by atoms with van der Waals surface area (Å²) in [4.78, 5) is 27.5. The van der Waals surface area contributed by atoms with Gasteiger partial charge in [0.15, 0.2) is 6.61 Å². The number of hydrogen-bond acceptors (Lipinski definition) is 5. The zero-order chi connectivity index (χ0) is 23.9. The van der Waals surface area contributed by atoms with Gasteiger partial charge in [0.25, 0.3) is 5.91 Å². The highest BCUT2D eigenvalue weighted by atomic mass is 16.5. The van der Waals surface area contributed by atoms with Crippen molar-refractivity contribution in [3.05, 3.63) is 66.7 Å². The first kappa shape index (κ1) is 26.0. The van der Waals surface area contributed by atoms with Crippen LogP contribution in [0, 0.1) is 0 Å². The Labute approximate surface area is 197 Å². The lowest BCUT2D eigenvalue weighted by atomic mass is 10.1. The highest BCUT2D eigenvalue weighted by molar-refractivity contribution is 6.03.